The fraction of sp³-hybridized carbons (Fsp3) is 0.300. The van der Waals surface area contributed by atoms with E-state index >= 15 is 0 Å². The van der Waals surface area contributed by atoms with Gasteiger partial charge in [0.1, 0.15) is 5.75 Å². The van der Waals surface area contributed by atoms with Crippen molar-refractivity contribution in [3.63, 3.8) is 0 Å². The highest BCUT2D eigenvalue weighted by atomic mass is 35.5. The van der Waals surface area contributed by atoms with Gasteiger partial charge in [-0.3, -0.25) is 9.59 Å². The van der Waals surface area contributed by atoms with Crippen LogP contribution in [0.5, 0.6) is 5.75 Å². The number of amides is 2. The summed E-state index contributed by atoms with van der Waals surface area (Å²) in [7, 11) is 0. The normalized spacial score (nSPS) is 9.96. The summed E-state index contributed by atoms with van der Waals surface area (Å²) >= 11 is 5.98. The SMILES string of the molecule is Cc1cc(OCCCC(=O)Nc2ccccc2C(=O)NCCN)ccc1Cl.Cl. The molecule has 0 saturated carbocycles. The Labute approximate surface area is 176 Å². The number of rotatable bonds is 9. The standard InChI is InChI=1S/C20H24ClN3O3.ClH/c1-14-13-15(8-9-17(14)21)27-12-4-7-19(25)24-18-6-3-2-5-16(18)20(26)23-11-10-22;/h2-3,5-6,8-9,13H,4,7,10-12,22H2,1H3,(H,23,26)(H,24,25);1H. The summed E-state index contributed by atoms with van der Waals surface area (Å²) in [5.74, 6) is 0.280. The summed E-state index contributed by atoms with van der Waals surface area (Å²) in [6, 6.07) is 12.3. The fourth-order valence-electron chi connectivity index (χ4n) is 2.41. The number of carbonyl (C=O) groups excluding carboxylic acids is 2. The number of para-hydroxylation sites is 1. The molecule has 0 radical (unpaired) electrons. The van der Waals surface area contributed by atoms with Gasteiger partial charge in [-0.2, -0.15) is 0 Å². The average molecular weight is 426 g/mol. The maximum absolute atomic E-state index is 12.2. The molecule has 0 atom stereocenters. The molecular weight excluding hydrogens is 401 g/mol. The molecular formula is C20H25Cl2N3O3. The number of benzene rings is 2. The zero-order valence-corrected chi connectivity index (χ0v) is 17.2. The first-order chi connectivity index (χ1) is 13.0. The molecule has 0 aromatic heterocycles. The summed E-state index contributed by atoms with van der Waals surface area (Å²) in [6.07, 6.45) is 0.834. The number of carbonyl (C=O) groups is 2. The van der Waals surface area contributed by atoms with Gasteiger partial charge >= 0.3 is 0 Å². The predicted octanol–water partition coefficient (Wildman–Crippen LogP) is 3.56. The van der Waals surface area contributed by atoms with Crippen LogP contribution in [0.1, 0.15) is 28.8 Å². The Morgan fingerprint density at radius 3 is 2.64 bits per heavy atom. The van der Waals surface area contributed by atoms with Crippen molar-refractivity contribution in [2.45, 2.75) is 19.8 Å². The first-order valence-corrected chi connectivity index (χ1v) is 9.15. The third-order valence-corrected chi connectivity index (χ3v) is 4.25. The number of anilines is 1. The monoisotopic (exact) mass is 425 g/mol. The second kappa shape index (κ2) is 12.2. The van der Waals surface area contributed by atoms with Gasteiger partial charge in [-0.25, -0.2) is 0 Å². The van der Waals surface area contributed by atoms with E-state index < -0.39 is 0 Å². The Morgan fingerprint density at radius 1 is 1.18 bits per heavy atom. The van der Waals surface area contributed by atoms with Crippen LogP contribution in [-0.2, 0) is 4.79 Å². The van der Waals surface area contributed by atoms with Crippen molar-refractivity contribution < 1.29 is 14.3 Å². The van der Waals surface area contributed by atoms with E-state index in [1.54, 1.807) is 36.4 Å². The number of nitrogens with one attached hydrogen (secondary N) is 2. The highest BCUT2D eigenvalue weighted by Crippen LogP contribution is 2.21. The highest BCUT2D eigenvalue weighted by molar-refractivity contribution is 6.31. The summed E-state index contributed by atoms with van der Waals surface area (Å²) < 4.78 is 5.63. The summed E-state index contributed by atoms with van der Waals surface area (Å²) in [5, 5.41) is 6.17. The zero-order chi connectivity index (χ0) is 19.6. The van der Waals surface area contributed by atoms with E-state index in [9.17, 15) is 9.59 Å². The van der Waals surface area contributed by atoms with Crippen LogP contribution in [0.25, 0.3) is 0 Å². The molecule has 8 heteroatoms. The molecule has 0 fully saturated rings. The molecule has 0 unspecified atom stereocenters. The van der Waals surface area contributed by atoms with E-state index in [0.29, 0.717) is 42.4 Å². The van der Waals surface area contributed by atoms with Crippen molar-refractivity contribution in [2.24, 2.45) is 5.73 Å². The Bertz CT molecular complexity index is 800. The molecule has 0 aliphatic carbocycles. The van der Waals surface area contributed by atoms with Crippen molar-refractivity contribution in [3.05, 3.63) is 58.6 Å². The van der Waals surface area contributed by atoms with Crippen LogP contribution in [0.15, 0.2) is 42.5 Å². The number of hydrogen-bond acceptors (Lipinski definition) is 4. The minimum absolute atomic E-state index is 0. The third kappa shape index (κ3) is 7.38. The molecule has 0 spiro atoms. The number of hydrogen-bond donors (Lipinski definition) is 3. The van der Waals surface area contributed by atoms with Crippen molar-refractivity contribution in [1.82, 2.24) is 5.32 Å². The van der Waals surface area contributed by atoms with Crippen molar-refractivity contribution >= 4 is 41.5 Å². The Morgan fingerprint density at radius 2 is 1.93 bits per heavy atom. The maximum atomic E-state index is 12.2. The Balaban J connectivity index is 0.00000392. The predicted molar refractivity (Wildman–Crippen MR) is 115 cm³/mol. The number of aryl methyl sites for hydroxylation is 1. The van der Waals surface area contributed by atoms with Gasteiger partial charge in [-0.15, -0.1) is 12.4 Å². The van der Waals surface area contributed by atoms with Crippen LogP contribution in [-0.4, -0.2) is 31.5 Å². The van der Waals surface area contributed by atoms with Gasteiger partial charge in [0.2, 0.25) is 5.91 Å². The molecule has 4 N–H and O–H groups in total. The lowest BCUT2D eigenvalue weighted by Crippen LogP contribution is -2.30. The third-order valence-electron chi connectivity index (χ3n) is 3.82. The van der Waals surface area contributed by atoms with E-state index in [-0.39, 0.29) is 30.6 Å². The summed E-state index contributed by atoms with van der Waals surface area (Å²) in [5.41, 5.74) is 7.23. The number of ether oxygens (including phenoxy) is 1. The molecule has 6 nitrogen and oxygen atoms in total. The molecule has 0 heterocycles. The smallest absolute Gasteiger partial charge is 0.253 e. The van der Waals surface area contributed by atoms with Gasteiger partial charge in [-0.1, -0.05) is 23.7 Å². The van der Waals surface area contributed by atoms with Crippen LogP contribution in [0, 0.1) is 6.92 Å². The fourth-order valence-corrected chi connectivity index (χ4v) is 2.53. The topological polar surface area (TPSA) is 93.4 Å². The molecule has 2 amide bonds. The molecule has 0 bridgehead atoms. The van der Waals surface area contributed by atoms with Crippen LogP contribution < -0.4 is 21.1 Å². The van der Waals surface area contributed by atoms with Gasteiger partial charge in [-0.05, 0) is 49.2 Å². The number of nitrogens with two attached hydrogens (primary N) is 1. The maximum Gasteiger partial charge on any atom is 0.253 e. The molecule has 152 valence electrons. The van der Waals surface area contributed by atoms with Crippen molar-refractivity contribution in [1.29, 1.82) is 0 Å². The van der Waals surface area contributed by atoms with E-state index in [1.807, 2.05) is 13.0 Å². The lowest BCUT2D eigenvalue weighted by molar-refractivity contribution is -0.116. The Hall–Kier alpha value is -2.28. The molecule has 2 aromatic rings. The van der Waals surface area contributed by atoms with Crippen molar-refractivity contribution in [3.8, 4) is 5.75 Å². The van der Waals surface area contributed by atoms with E-state index in [4.69, 9.17) is 22.1 Å². The minimum Gasteiger partial charge on any atom is -0.494 e. The second-order valence-electron chi connectivity index (χ2n) is 6.00. The largest absolute Gasteiger partial charge is 0.494 e. The first kappa shape index (κ1) is 23.8. The minimum atomic E-state index is -0.266. The van der Waals surface area contributed by atoms with E-state index in [1.165, 1.54) is 0 Å². The van der Waals surface area contributed by atoms with Gasteiger partial charge in [0, 0.05) is 24.5 Å². The van der Waals surface area contributed by atoms with Crippen molar-refractivity contribution in [2.75, 3.05) is 25.0 Å². The van der Waals surface area contributed by atoms with Crippen LogP contribution in [0.4, 0.5) is 5.69 Å². The van der Waals surface area contributed by atoms with E-state index in [0.717, 1.165) is 11.3 Å². The molecule has 0 aliphatic heterocycles. The van der Waals surface area contributed by atoms with Crippen LogP contribution in [0.2, 0.25) is 5.02 Å². The summed E-state index contributed by atoms with van der Waals surface area (Å²) in [6.45, 7) is 3.05. The average Bonchev–Trinajstić information content (AvgIpc) is 2.66. The summed E-state index contributed by atoms with van der Waals surface area (Å²) in [4.78, 5) is 24.3. The van der Waals surface area contributed by atoms with Gasteiger partial charge in [0.25, 0.3) is 5.91 Å². The molecule has 0 saturated heterocycles. The highest BCUT2D eigenvalue weighted by Gasteiger charge is 2.12. The second-order valence-corrected chi connectivity index (χ2v) is 6.41. The van der Waals surface area contributed by atoms with Gasteiger partial charge in [0.15, 0.2) is 0 Å². The lowest BCUT2D eigenvalue weighted by atomic mass is 10.1. The quantitative estimate of drug-likeness (QED) is 0.535. The van der Waals surface area contributed by atoms with Crippen LogP contribution in [0.3, 0.4) is 0 Å². The lowest BCUT2D eigenvalue weighted by Gasteiger charge is -2.11. The first-order valence-electron chi connectivity index (χ1n) is 8.77. The van der Waals surface area contributed by atoms with E-state index in [2.05, 4.69) is 10.6 Å². The zero-order valence-electron chi connectivity index (χ0n) is 15.7. The Kier molecular flexibility index (Phi) is 10.4. The molecule has 2 aromatic carbocycles. The molecule has 28 heavy (non-hydrogen) atoms. The van der Waals surface area contributed by atoms with Crippen LogP contribution >= 0.6 is 24.0 Å². The van der Waals surface area contributed by atoms with Gasteiger partial charge in [0.05, 0.1) is 17.9 Å². The van der Waals surface area contributed by atoms with Gasteiger partial charge < -0.3 is 21.1 Å². The molecule has 2 rings (SSSR count). The molecule has 0 aliphatic rings. The number of halogens is 2.